The largest absolute Gasteiger partial charge is 0.396 e. The minimum absolute atomic E-state index is 0.158. The summed E-state index contributed by atoms with van der Waals surface area (Å²) in [5.41, 5.74) is -0.158. The van der Waals surface area contributed by atoms with Crippen LogP contribution in [0.3, 0.4) is 0 Å². The molecule has 1 atom stereocenters. The summed E-state index contributed by atoms with van der Waals surface area (Å²) in [6.07, 6.45) is 1.63. The molecule has 0 spiro atoms. The van der Waals surface area contributed by atoms with Crippen LogP contribution in [-0.4, -0.2) is 49.4 Å². The Hall–Kier alpha value is -0.160. The van der Waals surface area contributed by atoms with E-state index in [2.05, 4.69) is 0 Å². The second-order valence-corrected chi connectivity index (χ2v) is 4.00. The summed E-state index contributed by atoms with van der Waals surface area (Å²) in [5, 5.41) is 16.7. The Balaban J connectivity index is 0. The van der Waals surface area contributed by atoms with Crippen LogP contribution in [0.25, 0.3) is 0 Å². The molecule has 0 aliphatic heterocycles. The maximum atomic E-state index is 8.45. The van der Waals surface area contributed by atoms with Crippen molar-refractivity contribution in [3.63, 3.8) is 0 Å². The molecule has 0 saturated heterocycles. The third-order valence-electron chi connectivity index (χ3n) is 2.20. The summed E-state index contributed by atoms with van der Waals surface area (Å²) in [5.74, 6) is 0. The number of aliphatic hydroxyl groups is 2. The normalized spacial score (nSPS) is 13.0. The van der Waals surface area contributed by atoms with Crippen molar-refractivity contribution in [2.24, 2.45) is 0 Å². The van der Waals surface area contributed by atoms with Gasteiger partial charge < -0.3 is 19.7 Å². The van der Waals surface area contributed by atoms with Crippen LogP contribution in [0.4, 0.5) is 0 Å². The van der Waals surface area contributed by atoms with Crippen LogP contribution < -0.4 is 0 Å². The second-order valence-electron chi connectivity index (χ2n) is 4.00. The molecule has 15 heavy (non-hydrogen) atoms. The van der Waals surface area contributed by atoms with Gasteiger partial charge in [0.1, 0.15) is 0 Å². The molecule has 4 heteroatoms. The van der Waals surface area contributed by atoms with Crippen molar-refractivity contribution in [2.75, 3.05) is 27.4 Å². The fraction of sp³-hybridized carbons (Fsp3) is 1.00. The summed E-state index contributed by atoms with van der Waals surface area (Å²) in [6, 6.07) is 0. The quantitative estimate of drug-likeness (QED) is 0.709. The lowest BCUT2D eigenvalue weighted by Crippen LogP contribution is -2.23. The molecule has 2 N–H and O–H groups in total. The molecule has 0 saturated carbocycles. The molecule has 0 aromatic carbocycles. The second kappa shape index (κ2) is 10.4. The number of methoxy groups -OCH3 is 2. The number of ether oxygens (including phenoxy) is 2. The van der Waals surface area contributed by atoms with Crippen molar-refractivity contribution < 1.29 is 19.7 Å². The van der Waals surface area contributed by atoms with Crippen molar-refractivity contribution in [2.45, 2.75) is 45.3 Å². The lowest BCUT2D eigenvalue weighted by atomic mass is 10.1. The van der Waals surface area contributed by atoms with Gasteiger partial charge in [0.25, 0.3) is 0 Å². The Bertz CT molecular complexity index is 126. The van der Waals surface area contributed by atoms with E-state index in [1.54, 1.807) is 14.2 Å². The first-order valence-corrected chi connectivity index (χ1v) is 5.23. The van der Waals surface area contributed by atoms with Crippen molar-refractivity contribution in [1.82, 2.24) is 0 Å². The van der Waals surface area contributed by atoms with Crippen molar-refractivity contribution >= 4 is 0 Å². The molecule has 0 aromatic heterocycles. The van der Waals surface area contributed by atoms with Gasteiger partial charge in [-0.3, -0.25) is 0 Å². The van der Waals surface area contributed by atoms with E-state index in [0.29, 0.717) is 6.42 Å². The number of hydrogen-bond acceptors (Lipinski definition) is 4. The number of hydrogen-bond donors (Lipinski definition) is 2. The average Bonchev–Trinajstić information content (AvgIpc) is 2.19. The van der Waals surface area contributed by atoms with Gasteiger partial charge in [0.05, 0.1) is 11.7 Å². The third-order valence-corrected chi connectivity index (χ3v) is 2.20. The standard InChI is InChI=1S/C6H14O2.C5H12O2/c1-6(2,8-3)4-5-7;1-5(7-2)3-4-6/h7H,4-5H2,1-3H3;5-6H,3-4H2,1-2H3. The van der Waals surface area contributed by atoms with E-state index in [4.69, 9.17) is 19.7 Å². The van der Waals surface area contributed by atoms with E-state index in [9.17, 15) is 0 Å². The molecule has 0 fully saturated rings. The first-order valence-electron chi connectivity index (χ1n) is 5.23. The topological polar surface area (TPSA) is 58.9 Å². The molecule has 0 bridgehead atoms. The molecule has 4 nitrogen and oxygen atoms in total. The zero-order chi connectivity index (χ0) is 12.3. The zero-order valence-corrected chi connectivity index (χ0v) is 10.6. The number of rotatable bonds is 6. The van der Waals surface area contributed by atoms with Gasteiger partial charge in [-0.2, -0.15) is 0 Å². The van der Waals surface area contributed by atoms with E-state index in [1.165, 1.54) is 0 Å². The van der Waals surface area contributed by atoms with Gasteiger partial charge in [-0.1, -0.05) is 0 Å². The minimum atomic E-state index is -0.158. The molecule has 0 aromatic rings. The third kappa shape index (κ3) is 13.8. The van der Waals surface area contributed by atoms with Crippen LogP contribution in [0.2, 0.25) is 0 Å². The van der Waals surface area contributed by atoms with E-state index < -0.39 is 0 Å². The predicted octanol–water partition coefficient (Wildman–Crippen LogP) is 1.20. The molecular weight excluding hydrogens is 196 g/mol. The fourth-order valence-corrected chi connectivity index (χ4v) is 0.671. The van der Waals surface area contributed by atoms with Gasteiger partial charge in [-0.15, -0.1) is 0 Å². The van der Waals surface area contributed by atoms with Crippen molar-refractivity contribution in [3.05, 3.63) is 0 Å². The zero-order valence-electron chi connectivity index (χ0n) is 10.6. The molecule has 0 radical (unpaired) electrons. The Morgan fingerprint density at radius 1 is 1.13 bits per heavy atom. The van der Waals surface area contributed by atoms with Crippen molar-refractivity contribution in [1.29, 1.82) is 0 Å². The van der Waals surface area contributed by atoms with Gasteiger partial charge >= 0.3 is 0 Å². The molecular formula is C11H26O4. The maximum absolute atomic E-state index is 8.45. The highest BCUT2D eigenvalue weighted by Gasteiger charge is 2.13. The smallest absolute Gasteiger partial charge is 0.0644 e. The van der Waals surface area contributed by atoms with Crippen LogP contribution in [0.1, 0.15) is 33.6 Å². The highest BCUT2D eigenvalue weighted by Crippen LogP contribution is 2.10. The average molecular weight is 222 g/mol. The molecule has 0 aliphatic rings. The van der Waals surface area contributed by atoms with E-state index in [-0.39, 0.29) is 24.9 Å². The van der Waals surface area contributed by atoms with E-state index in [0.717, 1.165) is 6.42 Å². The first kappa shape index (κ1) is 17.2. The molecule has 1 unspecified atom stereocenters. The summed E-state index contributed by atoms with van der Waals surface area (Å²) < 4.78 is 9.85. The van der Waals surface area contributed by atoms with Crippen LogP contribution in [0.5, 0.6) is 0 Å². The summed E-state index contributed by atoms with van der Waals surface area (Å²) in [4.78, 5) is 0. The Kier molecular flexibility index (Phi) is 11.9. The molecule has 0 heterocycles. The Labute approximate surface area is 93.2 Å². The summed E-state index contributed by atoms with van der Waals surface area (Å²) in [7, 11) is 3.29. The number of aliphatic hydroxyl groups excluding tert-OH is 2. The predicted molar refractivity (Wildman–Crippen MR) is 61.0 cm³/mol. The lowest BCUT2D eigenvalue weighted by Gasteiger charge is -2.20. The monoisotopic (exact) mass is 222 g/mol. The van der Waals surface area contributed by atoms with E-state index in [1.807, 2.05) is 20.8 Å². The van der Waals surface area contributed by atoms with Crippen LogP contribution >= 0.6 is 0 Å². The van der Waals surface area contributed by atoms with E-state index >= 15 is 0 Å². The fourth-order valence-electron chi connectivity index (χ4n) is 0.671. The molecule has 0 rings (SSSR count). The summed E-state index contributed by atoms with van der Waals surface area (Å²) in [6.45, 7) is 6.23. The van der Waals surface area contributed by atoms with Gasteiger partial charge in [0.15, 0.2) is 0 Å². The van der Waals surface area contributed by atoms with Gasteiger partial charge in [0.2, 0.25) is 0 Å². The SMILES string of the molecule is COC(C)(C)CCO.COC(C)CCO. The Morgan fingerprint density at radius 3 is 1.80 bits per heavy atom. The van der Waals surface area contributed by atoms with Crippen LogP contribution in [-0.2, 0) is 9.47 Å². The molecule has 0 amide bonds. The Morgan fingerprint density at radius 2 is 1.67 bits per heavy atom. The van der Waals surface area contributed by atoms with Gasteiger partial charge in [-0.25, -0.2) is 0 Å². The highest BCUT2D eigenvalue weighted by atomic mass is 16.5. The van der Waals surface area contributed by atoms with Crippen LogP contribution in [0, 0.1) is 0 Å². The van der Waals surface area contributed by atoms with Crippen LogP contribution in [0.15, 0.2) is 0 Å². The first-order chi connectivity index (χ1) is 6.93. The summed E-state index contributed by atoms with van der Waals surface area (Å²) >= 11 is 0. The van der Waals surface area contributed by atoms with Crippen molar-refractivity contribution in [3.8, 4) is 0 Å². The van der Waals surface area contributed by atoms with Gasteiger partial charge in [0, 0.05) is 27.4 Å². The molecule has 94 valence electrons. The van der Waals surface area contributed by atoms with Gasteiger partial charge in [-0.05, 0) is 33.6 Å². The highest BCUT2D eigenvalue weighted by molar-refractivity contribution is 4.65. The molecule has 0 aliphatic carbocycles. The minimum Gasteiger partial charge on any atom is -0.396 e. The lowest BCUT2D eigenvalue weighted by molar-refractivity contribution is 0.00292. The maximum Gasteiger partial charge on any atom is 0.0644 e.